The van der Waals surface area contributed by atoms with Crippen molar-refractivity contribution in [3.63, 3.8) is 0 Å². The molecule has 88 valence electrons. The molecule has 0 bridgehead atoms. The van der Waals surface area contributed by atoms with Gasteiger partial charge in [0.25, 0.3) is 0 Å². The van der Waals surface area contributed by atoms with Gasteiger partial charge in [-0.05, 0) is 25.8 Å². The van der Waals surface area contributed by atoms with E-state index in [2.05, 4.69) is 5.32 Å². The highest BCUT2D eigenvalue weighted by molar-refractivity contribution is 5.80. The summed E-state index contributed by atoms with van der Waals surface area (Å²) in [6, 6.07) is 9.45. The monoisotopic (exact) mass is 221 g/mol. The van der Waals surface area contributed by atoms with Crippen LogP contribution < -0.4 is 5.32 Å². The largest absolute Gasteiger partial charge is 0.480 e. The molecule has 0 saturated heterocycles. The van der Waals surface area contributed by atoms with Crippen LogP contribution in [0.4, 0.5) is 0 Å². The molecular weight excluding hydrogens is 202 g/mol. The summed E-state index contributed by atoms with van der Waals surface area (Å²) < 4.78 is 0. The van der Waals surface area contributed by atoms with Gasteiger partial charge in [0.1, 0.15) is 5.54 Å². The summed E-state index contributed by atoms with van der Waals surface area (Å²) in [5.74, 6) is -0.824. The normalized spacial score (nSPS) is 14.8. The predicted octanol–water partition coefficient (Wildman–Crippen LogP) is 2.37. The fourth-order valence-corrected chi connectivity index (χ4v) is 1.94. The van der Waals surface area contributed by atoms with Crippen molar-refractivity contribution < 1.29 is 9.90 Å². The van der Waals surface area contributed by atoms with Crippen LogP contribution in [0.5, 0.6) is 0 Å². The molecule has 3 heteroatoms. The first-order valence-corrected chi connectivity index (χ1v) is 5.59. The molecule has 0 heterocycles. The fourth-order valence-electron chi connectivity index (χ4n) is 1.94. The van der Waals surface area contributed by atoms with Crippen molar-refractivity contribution in [1.82, 2.24) is 5.32 Å². The molecule has 0 saturated carbocycles. The van der Waals surface area contributed by atoms with Crippen molar-refractivity contribution in [2.75, 3.05) is 0 Å². The Balaban J connectivity index is 3.18. The van der Waals surface area contributed by atoms with Gasteiger partial charge in [-0.3, -0.25) is 5.32 Å². The van der Waals surface area contributed by atoms with Crippen molar-refractivity contribution in [3.05, 3.63) is 35.9 Å². The number of hydrogen-bond acceptors (Lipinski definition) is 2. The van der Waals surface area contributed by atoms with Gasteiger partial charge in [0.2, 0.25) is 0 Å². The average molecular weight is 221 g/mol. The van der Waals surface area contributed by atoms with Crippen molar-refractivity contribution in [1.29, 1.82) is 0 Å². The molecule has 0 amide bonds. The zero-order chi connectivity index (χ0) is 12.2. The van der Waals surface area contributed by atoms with Gasteiger partial charge in [-0.25, -0.2) is 4.79 Å². The first-order valence-electron chi connectivity index (χ1n) is 5.59. The lowest BCUT2D eigenvalue weighted by molar-refractivity contribution is -0.146. The molecule has 0 fully saturated rings. The van der Waals surface area contributed by atoms with Crippen LogP contribution in [0.2, 0.25) is 0 Å². The molecule has 2 N–H and O–H groups in total. The zero-order valence-corrected chi connectivity index (χ0v) is 10.0. The lowest BCUT2D eigenvalue weighted by atomic mass is 9.86. The topological polar surface area (TPSA) is 49.3 Å². The molecule has 1 atom stereocenters. The van der Waals surface area contributed by atoms with Crippen molar-refractivity contribution >= 4 is 5.97 Å². The minimum absolute atomic E-state index is 0.122. The molecule has 16 heavy (non-hydrogen) atoms. The molecule has 0 aliphatic heterocycles. The van der Waals surface area contributed by atoms with E-state index < -0.39 is 11.5 Å². The van der Waals surface area contributed by atoms with Gasteiger partial charge in [-0.1, -0.05) is 37.3 Å². The van der Waals surface area contributed by atoms with Gasteiger partial charge in [-0.15, -0.1) is 0 Å². The maximum absolute atomic E-state index is 11.5. The number of benzene rings is 1. The van der Waals surface area contributed by atoms with E-state index in [0.29, 0.717) is 6.42 Å². The third-order valence-electron chi connectivity index (χ3n) is 2.70. The maximum atomic E-state index is 11.5. The molecular formula is C13H19NO2. The third-order valence-corrected chi connectivity index (χ3v) is 2.70. The van der Waals surface area contributed by atoms with E-state index in [1.54, 1.807) is 0 Å². The van der Waals surface area contributed by atoms with Crippen LogP contribution in [-0.2, 0) is 10.3 Å². The Kier molecular flexibility index (Phi) is 4.07. The molecule has 3 nitrogen and oxygen atoms in total. The van der Waals surface area contributed by atoms with Crippen LogP contribution in [0.1, 0.15) is 32.8 Å². The van der Waals surface area contributed by atoms with Crippen LogP contribution in [-0.4, -0.2) is 17.1 Å². The van der Waals surface area contributed by atoms with Gasteiger partial charge in [0.15, 0.2) is 0 Å². The second kappa shape index (κ2) is 5.12. The highest BCUT2D eigenvalue weighted by Gasteiger charge is 2.38. The lowest BCUT2D eigenvalue weighted by Gasteiger charge is -2.32. The van der Waals surface area contributed by atoms with E-state index in [0.717, 1.165) is 5.56 Å². The summed E-state index contributed by atoms with van der Waals surface area (Å²) >= 11 is 0. The molecule has 1 aromatic carbocycles. The molecule has 0 aliphatic rings. The Labute approximate surface area is 96.5 Å². The van der Waals surface area contributed by atoms with Crippen LogP contribution in [0.15, 0.2) is 30.3 Å². The summed E-state index contributed by atoms with van der Waals surface area (Å²) in [5.41, 5.74) is -0.172. The van der Waals surface area contributed by atoms with E-state index in [9.17, 15) is 9.90 Å². The van der Waals surface area contributed by atoms with E-state index in [1.165, 1.54) is 0 Å². The first kappa shape index (κ1) is 12.7. The average Bonchev–Trinajstić information content (AvgIpc) is 2.26. The smallest absolute Gasteiger partial charge is 0.328 e. The molecule has 0 unspecified atom stereocenters. The van der Waals surface area contributed by atoms with Gasteiger partial charge < -0.3 is 5.11 Å². The van der Waals surface area contributed by atoms with E-state index >= 15 is 0 Å². The minimum Gasteiger partial charge on any atom is -0.480 e. The molecule has 0 aromatic heterocycles. The van der Waals surface area contributed by atoms with Crippen molar-refractivity contribution in [3.8, 4) is 0 Å². The molecule has 0 radical (unpaired) electrons. The summed E-state index contributed by atoms with van der Waals surface area (Å²) in [6.07, 6.45) is 0.518. The highest BCUT2D eigenvalue weighted by Crippen LogP contribution is 2.26. The molecule has 0 aliphatic carbocycles. The van der Waals surface area contributed by atoms with Gasteiger partial charge in [-0.2, -0.15) is 0 Å². The summed E-state index contributed by atoms with van der Waals surface area (Å²) in [6.45, 7) is 5.79. The Morgan fingerprint density at radius 1 is 1.38 bits per heavy atom. The second-order valence-corrected chi connectivity index (χ2v) is 4.23. The molecule has 0 spiro atoms. The summed E-state index contributed by atoms with van der Waals surface area (Å²) in [5, 5.41) is 12.6. The van der Waals surface area contributed by atoms with Crippen molar-refractivity contribution in [2.45, 2.75) is 38.8 Å². The SMILES string of the molecule is CC[C@@](NC(C)C)(C(=O)O)c1ccccc1. The van der Waals surface area contributed by atoms with E-state index in [-0.39, 0.29) is 6.04 Å². The van der Waals surface area contributed by atoms with E-state index in [1.807, 2.05) is 51.1 Å². The number of carboxylic acids is 1. The Bertz CT molecular complexity index is 348. The number of hydrogen-bond donors (Lipinski definition) is 2. The first-order chi connectivity index (χ1) is 7.53. The van der Waals surface area contributed by atoms with Crippen molar-refractivity contribution in [2.24, 2.45) is 0 Å². The molecule has 1 rings (SSSR count). The zero-order valence-electron chi connectivity index (χ0n) is 10.0. The fraction of sp³-hybridized carbons (Fsp3) is 0.462. The highest BCUT2D eigenvalue weighted by atomic mass is 16.4. The van der Waals surface area contributed by atoms with Gasteiger partial charge in [0.05, 0.1) is 0 Å². The maximum Gasteiger partial charge on any atom is 0.328 e. The van der Waals surface area contributed by atoms with Crippen LogP contribution >= 0.6 is 0 Å². The number of nitrogens with one attached hydrogen (secondary N) is 1. The standard InChI is InChI=1S/C13H19NO2/c1-4-13(12(15)16,14-10(2)3)11-8-6-5-7-9-11/h5-10,14H,4H2,1-3H3,(H,15,16)/t13-/m0/s1. The summed E-state index contributed by atoms with van der Waals surface area (Å²) in [4.78, 5) is 11.5. The Hall–Kier alpha value is -1.35. The van der Waals surface area contributed by atoms with Gasteiger partial charge >= 0.3 is 5.97 Å². The quantitative estimate of drug-likeness (QED) is 0.802. The summed E-state index contributed by atoms with van der Waals surface area (Å²) in [7, 11) is 0. The van der Waals surface area contributed by atoms with Crippen LogP contribution in [0.3, 0.4) is 0 Å². The van der Waals surface area contributed by atoms with Crippen LogP contribution in [0, 0.1) is 0 Å². The predicted molar refractivity (Wildman–Crippen MR) is 64.3 cm³/mol. The number of rotatable bonds is 5. The second-order valence-electron chi connectivity index (χ2n) is 4.23. The van der Waals surface area contributed by atoms with Crippen LogP contribution in [0.25, 0.3) is 0 Å². The Morgan fingerprint density at radius 2 is 1.94 bits per heavy atom. The van der Waals surface area contributed by atoms with Gasteiger partial charge in [0, 0.05) is 6.04 Å². The number of carbonyl (C=O) groups is 1. The Morgan fingerprint density at radius 3 is 2.31 bits per heavy atom. The number of carboxylic acid groups (broad SMARTS) is 1. The molecule has 1 aromatic rings. The third kappa shape index (κ3) is 2.42. The lowest BCUT2D eigenvalue weighted by Crippen LogP contribution is -2.51. The minimum atomic E-state index is -0.977. The number of aliphatic carboxylic acids is 1. The van der Waals surface area contributed by atoms with E-state index in [4.69, 9.17) is 0 Å².